The van der Waals surface area contributed by atoms with Gasteiger partial charge in [0.2, 0.25) is 23.8 Å². The van der Waals surface area contributed by atoms with Crippen LogP contribution in [0, 0.1) is 36.3 Å². The summed E-state index contributed by atoms with van der Waals surface area (Å²) in [6, 6.07) is 54.4. The fraction of sp³-hybridized carbons (Fsp3) is 0.240. The van der Waals surface area contributed by atoms with Crippen molar-refractivity contribution in [2.75, 3.05) is 85.1 Å². The predicted octanol–water partition coefficient (Wildman–Crippen LogP) is 15.7. The number of piperidine rings is 2. The number of nitrogens with one attached hydrogen (secondary N) is 7. The summed E-state index contributed by atoms with van der Waals surface area (Å²) in [6.45, 7) is 7.30. The highest BCUT2D eigenvalue weighted by Gasteiger charge is 2.25. The zero-order valence-electron chi connectivity index (χ0n) is 71.8. The van der Waals surface area contributed by atoms with Gasteiger partial charge < -0.3 is 51.4 Å². The maximum absolute atomic E-state index is 13.5. The zero-order valence-corrected chi connectivity index (χ0v) is 72.6. The first-order valence-electron chi connectivity index (χ1n) is 43.2. The molecule has 20 rings (SSSR count). The van der Waals surface area contributed by atoms with Gasteiger partial charge in [-0.3, -0.25) is 24.2 Å². The van der Waals surface area contributed by atoms with E-state index >= 15 is 0 Å². The molecule has 130 heavy (non-hydrogen) atoms. The van der Waals surface area contributed by atoms with Crippen molar-refractivity contribution in [1.82, 2.24) is 90.3 Å². The monoisotopic (exact) mass is 1750 g/mol. The van der Waals surface area contributed by atoms with E-state index in [0.29, 0.717) is 54.8 Å². The number of nitrogens with zero attached hydrogens (tertiary/aromatic N) is 15. The molecule has 7 N–H and O–H groups in total. The number of halogens is 2. The Balaban J connectivity index is 0.000000122. The molecular formula is C100H96F2N22O5S. The van der Waals surface area contributed by atoms with Gasteiger partial charge in [0, 0.05) is 193 Å². The minimum Gasteiger partial charge on any atom is -0.490 e. The number of sulfone groups is 1. The molecule has 0 spiro atoms. The lowest BCUT2D eigenvalue weighted by Gasteiger charge is -2.28. The summed E-state index contributed by atoms with van der Waals surface area (Å²) >= 11 is 0. The largest absolute Gasteiger partial charge is 0.490 e. The average molecular weight is 1760 g/mol. The van der Waals surface area contributed by atoms with Gasteiger partial charge in [0.25, 0.3) is 0 Å². The summed E-state index contributed by atoms with van der Waals surface area (Å²) in [5.41, 5.74) is 17.3. The van der Waals surface area contributed by atoms with E-state index in [-0.39, 0.29) is 41.5 Å². The highest BCUT2D eigenvalue weighted by atomic mass is 32.2. The first-order valence-corrected chi connectivity index (χ1v) is 45.1. The number of aryl methyl sites for hydroxylation is 6. The number of anilines is 8. The van der Waals surface area contributed by atoms with E-state index in [9.17, 15) is 17.2 Å². The van der Waals surface area contributed by atoms with Crippen LogP contribution in [0.4, 0.5) is 55.3 Å². The van der Waals surface area contributed by atoms with Crippen molar-refractivity contribution in [3.63, 3.8) is 0 Å². The molecule has 656 valence electrons. The molecule has 12 heterocycles. The molecule has 30 heteroatoms. The Bertz CT molecular complexity index is 6670. The third-order valence-electron chi connectivity index (χ3n) is 22.5. The van der Waals surface area contributed by atoms with Gasteiger partial charge in [-0.2, -0.15) is 10.2 Å². The molecule has 0 unspecified atom stereocenters. The van der Waals surface area contributed by atoms with E-state index in [2.05, 4.69) is 144 Å². The Labute approximate surface area is 751 Å². The van der Waals surface area contributed by atoms with Gasteiger partial charge in [0.05, 0.1) is 46.0 Å². The van der Waals surface area contributed by atoms with Gasteiger partial charge >= 0.3 is 0 Å². The summed E-state index contributed by atoms with van der Waals surface area (Å²) < 4.78 is 73.3. The maximum Gasteiger partial charge on any atom is 0.227 e. The fourth-order valence-electron chi connectivity index (χ4n) is 15.6. The molecule has 4 aliphatic rings. The normalized spacial score (nSPS) is 14.5. The molecule has 0 radical (unpaired) electrons. The Kier molecular flexibility index (Phi) is 27.7. The molecular weight excluding hydrogens is 1660 g/mol. The molecule has 27 nitrogen and oxygen atoms in total. The fourth-order valence-corrected chi connectivity index (χ4v) is 16.8. The van der Waals surface area contributed by atoms with Gasteiger partial charge in [0.15, 0.2) is 9.84 Å². The number of aromatic nitrogens is 14. The molecule has 0 bridgehead atoms. The molecule has 4 saturated heterocycles. The van der Waals surface area contributed by atoms with Crippen molar-refractivity contribution in [3.05, 3.63) is 295 Å². The molecule has 0 atom stereocenters. The molecule has 0 aliphatic carbocycles. The van der Waals surface area contributed by atoms with Gasteiger partial charge in [0.1, 0.15) is 47.2 Å². The van der Waals surface area contributed by atoms with Gasteiger partial charge in [-0.05, 0) is 244 Å². The van der Waals surface area contributed by atoms with Crippen LogP contribution in [0.25, 0.3) is 65.9 Å². The van der Waals surface area contributed by atoms with Crippen LogP contribution in [0.2, 0.25) is 0 Å². The Morgan fingerprint density at radius 1 is 0.438 bits per heavy atom. The molecule has 4 aliphatic heterocycles. The number of benzene rings is 8. The standard InChI is InChI=1S/2C26H26FN5O.C25H24N6O2S.C23H20N6O/c27-21-4-1-5-22(14-21)31-26-30-17-20-13-19(7-6-18-3-2-10-29-16-18)25(15-24(20)32-26)33-23-8-11-28-12-9-23;27-20-4-3-6-22(15-20)31-26-30-17-19-14-18(7-8-21-5-1-2-11-29-21)25(16-24(19)32-26)33-23-9-12-28-13-10-23;1-3-18-4-5-24-21(10-18)14-26-25(29-24)28-23-12-19(16-31-6-8-34(32,33)9-7-31)11-20(13-23)22-15-27-30(2)17-22;1-3-15-4-5-22-17(6-15)10-25-23(28-22)27-19-7-16(18-11-26-29(2)14-18)8-20(9-19)30-21-12-24-13-21/h1-5,10,13-17,23,28H,6-9,11-12H2,(H,30,31,32);1-6,11,14-17,23,28H,7-10,12-13H2,(H,30,31,32);1,4-5,10-15,17H,6-9,16H2,2H3,(H,26,28,29);1,4-11,14,21,24H,12-13H2,2H3,(H,25,27,28). The molecule has 8 aromatic heterocycles. The first-order chi connectivity index (χ1) is 63.5. The average Bonchev–Trinajstić information content (AvgIpc) is 0.954. The zero-order chi connectivity index (χ0) is 89.1. The van der Waals surface area contributed by atoms with Crippen LogP contribution in [-0.4, -0.2) is 165 Å². The Morgan fingerprint density at radius 2 is 0.946 bits per heavy atom. The SMILES string of the molecule is C#Cc1ccc2nc(Nc3cc(CN4CCS(=O)(=O)CC4)cc(-c4cnn(C)c4)c3)ncc2c1.C#Cc1ccc2nc(Nc3cc(OC4CNC4)cc(-c4cnn(C)c4)c3)ncc2c1.Fc1cccc(Nc2ncc3cc(CCc4ccccn4)c(OC4CCNCC4)cc3n2)c1.Fc1cccc(Nc2ncc3cc(CCc4cccnc4)c(OC4CCNCC4)cc3n2)c1. The maximum atomic E-state index is 13.5. The highest BCUT2D eigenvalue weighted by molar-refractivity contribution is 7.91. The number of hydrogen-bond donors (Lipinski definition) is 7. The number of fused-ring (bicyclic) bond motifs is 4. The third kappa shape index (κ3) is 23.7. The van der Waals surface area contributed by atoms with Crippen LogP contribution in [0.15, 0.2) is 244 Å². The van der Waals surface area contributed by atoms with Crippen molar-refractivity contribution in [2.45, 2.75) is 76.2 Å². The Morgan fingerprint density at radius 3 is 1.42 bits per heavy atom. The van der Waals surface area contributed by atoms with Crippen LogP contribution < -0.4 is 51.4 Å². The summed E-state index contributed by atoms with van der Waals surface area (Å²) in [5.74, 6) is 9.40. The smallest absolute Gasteiger partial charge is 0.227 e. The number of terminal acetylenes is 2. The second-order valence-electron chi connectivity index (χ2n) is 32.3. The first kappa shape index (κ1) is 87.3. The van der Waals surface area contributed by atoms with Crippen molar-refractivity contribution < 1.29 is 31.4 Å². The lowest BCUT2D eigenvalue weighted by atomic mass is 10.0. The summed E-state index contributed by atoms with van der Waals surface area (Å²) in [6.07, 6.45) is 39.0. The molecule has 4 fully saturated rings. The Hall–Kier alpha value is -14.8. The minimum absolute atomic E-state index is 0.184. The number of hydrogen-bond acceptors (Lipinski definition) is 25. The van der Waals surface area contributed by atoms with Crippen LogP contribution in [0.1, 0.15) is 64.8 Å². The molecule has 8 aromatic carbocycles. The van der Waals surface area contributed by atoms with Crippen molar-refractivity contribution >= 4 is 100.0 Å². The topological polar surface area (TPSA) is 314 Å². The van der Waals surface area contributed by atoms with E-state index in [1.54, 1.807) is 64.6 Å². The van der Waals surface area contributed by atoms with Crippen LogP contribution in [0.5, 0.6) is 17.2 Å². The van der Waals surface area contributed by atoms with Crippen LogP contribution in [0.3, 0.4) is 0 Å². The molecule has 0 saturated carbocycles. The number of pyridine rings is 2. The third-order valence-corrected chi connectivity index (χ3v) is 24.1. The number of rotatable bonds is 24. The van der Waals surface area contributed by atoms with E-state index in [0.717, 1.165) is 219 Å². The highest BCUT2D eigenvalue weighted by Crippen LogP contribution is 2.36. The number of ether oxygens (including phenoxy) is 3. The van der Waals surface area contributed by atoms with Crippen molar-refractivity contribution in [3.8, 4) is 64.2 Å². The summed E-state index contributed by atoms with van der Waals surface area (Å²) in [5, 5.41) is 35.0. The minimum atomic E-state index is -2.92. The van der Waals surface area contributed by atoms with Gasteiger partial charge in [-0.1, -0.05) is 36.1 Å². The summed E-state index contributed by atoms with van der Waals surface area (Å²) in [7, 11) is 0.864. The predicted molar refractivity (Wildman–Crippen MR) is 505 cm³/mol. The van der Waals surface area contributed by atoms with Crippen molar-refractivity contribution in [1.29, 1.82) is 0 Å². The molecule has 0 amide bonds. The summed E-state index contributed by atoms with van der Waals surface area (Å²) in [4.78, 5) is 47.2. The molecule has 16 aromatic rings. The van der Waals surface area contributed by atoms with E-state index in [1.165, 1.54) is 29.8 Å². The van der Waals surface area contributed by atoms with E-state index in [4.69, 9.17) is 27.1 Å². The van der Waals surface area contributed by atoms with Gasteiger partial charge in [-0.15, -0.1) is 12.8 Å². The second-order valence-corrected chi connectivity index (χ2v) is 34.6. The van der Waals surface area contributed by atoms with Crippen LogP contribution in [-0.2, 0) is 56.2 Å². The van der Waals surface area contributed by atoms with E-state index in [1.807, 2.05) is 148 Å². The lowest BCUT2D eigenvalue weighted by molar-refractivity contribution is 0.142. The lowest BCUT2D eigenvalue weighted by Crippen LogP contribution is -2.50. The second kappa shape index (κ2) is 41.3. The van der Waals surface area contributed by atoms with Gasteiger partial charge in [-0.25, -0.2) is 57.1 Å². The van der Waals surface area contributed by atoms with Crippen molar-refractivity contribution in [2.24, 2.45) is 14.1 Å². The van der Waals surface area contributed by atoms with Crippen LogP contribution >= 0.6 is 0 Å². The van der Waals surface area contributed by atoms with E-state index < -0.39 is 9.84 Å². The quantitative estimate of drug-likeness (QED) is 0.0276.